The van der Waals surface area contributed by atoms with Crippen LogP contribution in [0.1, 0.15) is 51.1 Å². The monoisotopic (exact) mass is 260 g/mol. The number of nitrogens with one attached hydrogen (secondary N) is 1. The second-order valence-electron chi connectivity index (χ2n) is 5.87. The topological polar surface area (TPSA) is 24.9 Å². The van der Waals surface area contributed by atoms with Gasteiger partial charge in [-0.05, 0) is 50.3 Å². The maximum atomic E-state index is 4.44. The maximum Gasteiger partial charge on any atom is 0.0404 e. The van der Waals surface area contributed by atoms with Gasteiger partial charge in [-0.25, -0.2) is 0 Å². The average Bonchev–Trinajstić information content (AvgIpc) is 2.49. The summed E-state index contributed by atoms with van der Waals surface area (Å²) in [6, 6.07) is 6.89. The predicted octanol–water partition coefficient (Wildman–Crippen LogP) is 3.82. The van der Waals surface area contributed by atoms with E-state index in [0.29, 0.717) is 6.04 Å². The molecule has 1 aliphatic carbocycles. The zero-order valence-corrected chi connectivity index (χ0v) is 12.4. The standard InChI is InChI=1S/C17H28N2/c1-3-14-8-4-5-10-16(14)17(18-2)12-11-15-9-6-7-13-19-15/h6-7,9,13-14,16-18H,3-5,8,10-12H2,1-2H3. The first kappa shape index (κ1) is 14.5. The number of aromatic nitrogens is 1. The Balaban J connectivity index is 1.91. The molecule has 0 aromatic carbocycles. The fraction of sp³-hybridized carbons (Fsp3) is 0.706. The molecule has 1 aliphatic rings. The van der Waals surface area contributed by atoms with Crippen molar-refractivity contribution in [3.8, 4) is 0 Å². The minimum atomic E-state index is 0.659. The van der Waals surface area contributed by atoms with E-state index < -0.39 is 0 Å². The van der Waals surface area contributed by atoms with Gasteiger partial charge in [-0.2, -0.15) is 0 Å². The van der Waals surface area contributed by atoms with Crippen LogP contribution in [0.5, 0.6) is 0 Å². The Hall–Kier alpha value is -0.890. The molecule has 106 valence electrons. The minimum Gasteiger partial charge on any atom is -0.317 e. The van der Waals surface area contributed by atoms with Gasteiger partial charge >= 0.3 is 0 Å². The molecule has 2 heteroatoms. The number of pyridine rings is 1. The summed E-state index contributed by atoms with van der Waals surface area (Å²) in [5.41, 5.74) is 1.23. The van der Waals surface area contributed by atoms with Gasteiger partial charge in [0.1, 0.15) is 0 Å². The van der Waals surface area contributed by atoms with Crippen molar-refractivity contribution in [3.63, 3.8) is 0 Å². The van der Waals surface area contributed by atoms with Crippen LogP contribution in [0.2, 0.25) is 0 Å². The lowest BCUT2D eigenvalue weighted by Crippen LogP contribution is -2.39. The second kappa shape index (κ2) is 7.64. The number of hydrogen-bond donors (Lipinski definition) is 1. The zero-order valence-electron chi connectivity index (χ0n) is 12.4. The van der Waals surface area contributed by atoms with Crippen LogP contribution in [-0.4, -0.2) is 18.1 Å². The van der Waals surface area contributed by atoms with E-state index in [1.54, 1.807) is 0 Å². The van der Waals surface area contributed by atoms with E-state index in [0.717, 1.165) is 18.3 Å². The normalized spacial score (nSPS) is 25.2. The van der Waals surface area contributed by atoms with E-state index in [2.05, 4.69) is 36.4 Å². The van der Waals surface area contributed by atoms with E-state index in [-0.39, 0.29) is 0 Å². The van der Waals surface area contributed by atoms with E-state index in [9.17, 15) is 0 Å². The first-order valence-electron chi connectivity index (χ1n) is 7.92. The molecule has 0 bridgehead atoms. The molecule has 19 heavy (non-hydrogen) atoms. The lowest BCUT2D eigenvalue weighted by Gasteiger charge is -2.37. The molecule has 1 fully saturated rings. The summed E-state index contributed by atoms with van der Waals surface area (Å²) in [4.78, 5) is 4.44. The van der Waals surface area contributed by atoms with Crippen molar-refractivity contribution in [2.24, 2.45) is 11.8 Å². The van der Waals surface area contributed by atoms with Crippen LogP contribution < -0.4 is 5.32 Å². The summed E-state index contributed by atoms with van der Waals surface area (Å²) < 4.78 is 0. The molecule has 0 radical (unpaired) electrons. The third-order valence-electron chi connectivity index (χ3n) is 4.82. The molecule has 1 aromatic rings. The average molecular weight is 260 g/mol. The molecule has 1 saturated carbocycles. The molecular weight excluding hydrogens is 232 g/mol. The quantitative estimate of drug-likeness (QED) is 0.841. The summed E-state index contributed by atoms with van der Waals surface area (Å²) in [5.74, 6) is 1.79. The smallest absolute Gasteiger partial charge is 0.0404 e. The molecule has 3 atom stereocenters. The van der Waals surface area contributed by atoms with Gasteiger partial charge in [0.25, 0.3) is 0 Å². The first-order chi connectivity index (χ1) is 9.35. The molecule has 2 rings (SSSR count). The summed E-state index contributed by atoms with van der Waals surface area (Å²) >= 11 is 0. The zero-order chi connectivity index (χ0) is 13.5. The highest BCUT2D eigenvalue weighted by atomic mass is 14.9. The predicted molar refractivity (Wildman–Crippen MR) is 81.1 cm³/mol. The molecule has 3 unspecified atom stereocenters. The van der Waals surface area contributed by atoms with Gasteiger partial charge < -0.3 is 5.32 Å². The Labute approximate surface area is 118 Å². The van der Waals surface area contributed by atoms with Crippen LogP contribution in [0.3, 0.4) is 0 Å². The number of hydrogen-bond acceptors (Lipinski definition) is 2. The van der Waals surface area contributed by atoms with Gasteiger partial charge in [-0.15, -0.1) is 0 Å². The van der Waals surface area contributed by atoms with E-state index in [1.807, 2.05) is 12.3 Å². The van der Waals surface area contributed by atoms with Crippen molar-refractivity contribution < 1.29 is 0 Å². The fourth-order valence-electron chi connectivity index (χ4n) is 3.69. The van der Waals surface area contributed by atoms with Crippen LogP contribution in [0.15, 0.2) is 24.4 Å². The van der Waals surface area contributed by atoms with Crippen LogP contribution in [-0.2, 0) is 6.42 Å². The van der Waals surface area contributed by atoms with E-state index in [1.165, 1.54) is 44.2 Å². The van der Waals surface area contributed by atoms with Gasteiger partial charge in [0.2, 0.25) is 0 Å². The molecule has 0 spiro atoms. The Morgan fingerprint density at radius 1 is 1.32 bits per heavy atom. The SMILES string of the molecule is CCC1CCCCC1C(CCc1ccccn1)NC. The molecule has 1 heterocycles. The van der Waals surface area contributed by atoms with Crippen LogP contribution in [0.4, 0.5) is 0 Å². The third-order valence-corrected chi connectivity index (χ3v) is 4.82. The highest BCUT2D eigenvalue weighted by Crippen LogP contribution is 2.35. The van der Waals surface area contributed by atoms with Gasteiger partial charge in [0.05, 0.1) is 0 Å². The van der Waals surface area contributed by atoms with Crippen LogP contribution in [0, 0.1) is 11.8 Å². The molecule has 0 saturated heterocycles. The van der Waals surface area contributed by atoms with Crippen molar-refractivity contribution in [3.05, 3.63) is 30.1 Å². The summed E-state index contributed by atoms with van der Waals surface area (Å²) in [5, 5.41) is 3.58. The van der Waals surface area contributed by atoms with Crippen molar-refractivity contribution in [1.82, 2.24) is 10.3 Å². The maximum absolute atomic E-state index is 4.44. The Morgan fingerprint density at radius 3 is 2.84 bits per heavy atom. The van der Waals surface area contributed by atoms with Crippen LogP contribution in [0.25, 0.3) is 0 Å². The number of nitrogens with zero attached hydrogens (tertiary/aromatic N) is 1. The Bertz CT molecular complexity index is 350. The Kier molecular flexibility index (Phi) is 5.84. The van der Waals surface area contributed by atoms with Crippen molar-refractivity contribution >= 4 is 0 Å². The summed E-state index contributed by atoms with van der Waals surface area (Å²) in [6.45, 7) is 2.36. The van der Waals surface area contributed by atoms with Gasteiger partial charge in [-0.3, -0.25) is 4.98 Å². The summed E-state index contributed by atoms with van der Waals surface area (Å²) in [7, 11) is 2.13. The third kappa shape index (κ3) is 4.04. The van der Waals surface area contributed by atoms with Crippen molar-refractivity contribution in [2.75, 3.05) is 7.05 Å². The molecule has 0 aliphatic heterocycles. The van der Waals surface area contributed by atoms with Gasteiger partial charge in [-0.1, -0.05) is 38.7 Å². The molecule has 1 aromatic heterocycles. The summed E-state index contributed by atoms with van der Waals surface area (Å²) in [6.07, 6.45) is 11.3. The van der Waals surface area contributed by atoms with Gasteiger partial charge in [0.15, 0.2) is 0 Å². The van der Waals surface area contributed by atoms with Gasteiger partial charge in [0, 0.05) is 17.9 Å². The fourth-order valence-corrected chi connectivity index (χ4v) is 3.69. The van der Waals surface area contributed by atoms with E-state index >= 15 is 0 Å². The Morgan fingerprint density at radius 2 is 2.16 bits per heavy atom. The molecule has 1 N–H and O–H groups in total. The lowest BCUT2D eigenvalue weighted by atomic mass is 9.73. The number of aryl methyl sites for hydroxylation is 1. The van der Waals surface area contributed by atoms with Crippen molar-refractivity contribution in [1.29, 1.82) is 0 Å². The first-order valence-corrected chi connectivity index (χ1v) is 7.92. The van der Waals surface area contributed by atoms with Crippen LogP contribution >= 0.6 is 0 Å². The number of rotatable bonds is 6. The van der Waals surface area contributed by atoms with Crippen molar-refractivity contribution in [2.45, 2.75) is 57.9 Å². The molecule has 0 amide bonds. The lowest BCUT2D eigenvalue weighted by molar-refractivity contribution is 0.174. The highest BCUT2D eigenvalue weighted by Gasteiger charge is 2.29. The second-order valence-corrected chi connectivity index (χ2v) is 5.87. The highest BCUT2D eigenvalue weighted by molar-refractivity contribution is 5.04. The molecular formula is C17H28N2. The minimum absolute atomic E-state index is 0.659. The molecule has 2 nitrogen and oxygen atoms in total. The largest absolute Gasteiger partial charge is 0.317 e. The van der Waals surface area contributed by atoms with E-state index in [4.69, 9.17) is 0 Å².